The average Bonchev–Trinajstić information content (AvgIpc) is 2.79. The summed E-state index contributed by atoms with van der Waals surface area (Å²) in [6, 6.07) is 10.5. The highest BCUT2D eigenvalue weighted by molar-refractivity contribution is 5.69. The van der Waals surface area contributed by atoms with Gasteiger partial charge in [-0.05, 0) is 38.5 Å². The van der Waals surface area contributed by atoms with Gasteiger partial charge in [-0.15, -0.1) is 0 Å². The molecule has 3 nitrogen and oxygen atoms in total. The molecule has 0 aliphatic carbocycles. The van der Waals surface area contributed by atoms with Crippen LogP contribution in [0.3, 0.4) is 0 Å². The summed E-state index contributed by atoms with van der Waals surface area (Å²) < 4.78 is 6.29. The van der Waals surface area contributed by atoms with Crippen LogP contribution in [0.25, 0.3) is 0 Å². The van der Waals surface area contributed by atoms with Crippen molar-refractivity contribution in [2.24, 2.45) is 0 Å². The molecule has 1 aromatic rings. The largest absolute Gasteiger partial charge is 0.460 e. The Morgan fingerprint density at radius 1 is 0.818 bits per heavy atom. The summed E-state index contributed by atoms with van der Waals surface area (Å²) in [5, 5.41) is 0. The molecule has 0 fully saturated rings. The van der Waals surface area contributed by atoms with Crippen molar-refractivity contribution in [3.8, 4) is 0 Å². The van der Waals surface area contributed by atoms with E-state index in [2.05, 4.69) is 69.6 Å². The minimum Gasteiger partial charge on any atom is -0.460 e. The van der Waals surface area contributed by atoms with E-state index in [9.17, 15) is 4.79 Å². The summed E-state index contributed by atoms with van der Waals surface area (Å²) in [7, 11) is 4.37. The Hall–Kier alpha value is -1.87. The summed E-state index contributed by atoms with van der Waals surface area (Å²) in [4.78, 5) is 12.0. The lowest BCUT2D eigenvalue weighted by atomic mass is 10.1. The molecule has 0 saturated carbocycles. The number of carbonyl (C=O) groups excluding carboxylic acids is 1. The van der Waals surface area contributed by atoms with E-state index in [1.54, 1.807) is 0 Å². The minimum atomic E-state index is -0.0453. The Balaban J connectivity index is 1.92. The lowest BCUT2D eigenvalue weighted by Crippen LogP contribution is -2.41. The van der Waals surface area contributed by atoms with Crippen molar-refractivity contribution >= 4 is 5.97 Å². The minimum absolute atomic E-state index is 0.0453. The average molecular weight is 457 g/mol. The molecule has 0 aromatic heterocycles. The fourth-order valence-electron chi connectivity index (χ4n) is 3.89. The number of ether oxygens (including phenoxy) is 1. The molecule has 3 heteroatoms. The van der Waals surface area contributed by atoms with Gasteiger partial charge in [0.15, 0.2) is 0 Å². The summed E-state index contributed by atoms with van der Waals surface area (Å²) in [6.45, 7) is 4.54. The fourth-order valence-corrected chi connectivity index (χ4v) is 3.89. The summed E-state index contributed by atoms with van der Waals surface area (Å²) in [5.74, 6) is -0.0453. The lowest BCUT2D eigenvalue weighted by molar-refractivity contribution is -0.903. The van der Waals surface area contributed by atoms with Gasteiger partial charge in [-0.1, -0.05) is 100 Å². The van der Waals surface area contributed by atoms with Crippen LogP contribution in [0, 0.1) is 0 Å². The molecule has 0 N–H and O–H groups in total. The van der Waals surface area contributed by atoms with E-state index in [1.807, 2.05) is 6.07 Å². The van der Waals surface area contributed by atoms with Crippen LogP contribution in [0.5, 0.6) is 0 Å². The van der Waals surface area contributed by atoms with Crippen LogP contribution >= 0.6 is 0 Å². The highest BCUT2D eigenvalue weighted by atomic mass is 16.5. The Kier molecular flexibility index (Phi) is 17.3. The first-order chi connectivity index (χ1) is 16.0. The van der Waals surface area contributed by atoms with Gasteiger partial charge in [0.2, 0.25) is 0 Å². The molecule has 0 saturated heterocycles. The molecule has 0 aliphatic heterocycles. The summed E-state index contributed by atoms with van der Waals surface area (Å²) >= 11 is 0. The molecule has 0 radical (unpaired) electrons. The van der Waals surface area contributed by atoms with Crippen LogP contribution in [0.2, 0.25) is 0 Å². The SMILES string of the molecule is CCCCCC/C=C\C/C=C\CCCCCCCC(=O)OCC[N+](C)(C)Cc1ccccc1. The number of esters is 1. The van der Waals surface area contributed by atoms with E-state index < -0.39 is 0 Å². The molecule has 0 aliphatic rings. The first-order valence-electron chi connectivity index (χ1n) is 13.3. The number of unbranched alkanes of at least 4 members (excludes halogenated alkanes) is 9. The molecule has 0 amide bonds. The number of likely N-dealkylation sites (N-methyl/N-ethyl adjacent to an activating group) is 1. The molecule has 0 spiro atoms. The first-order valence-corrected chi connectivity index (χ1v) is 13.3. The Bertz CT molecular complexity index is 649. The van der Waals surface area contributed by atoms with E-state index in [-0.39, 0.29) is 5.97 Å². The standard InChI is InChI=1S/C30H50NO2/c1-4-5-6-7-8-9-10-11-12-13-14-15-16-17-18-22-25-30(32)33-27-26-31(2,3)28-29-23-20-19-21-24-29/h9-10,12-13,19-21,23-24H,4-8,11,14-18,22,25-28H2,1-3H3/q+1/b10-9-,13-12-. The number of nitrogens with zero attached hydrogens (tertiary/aromatic N) is 1. The molecular formula is C30H50NO2+. The third-order valence-corrected chi connectivity index (χ3v) is 5.99. The highest BCUT2D eigenvalue weighted by Crippen LogP contribution is 2.11. The van der Waals surface area contributed by atoms with Gasteiger partial charge in [-0.2, -0.15) is 0 Å². The normalized spacial score (nSPS) is 12.1. The van der Waals surface area contributed by atoms with Gasteiger partial charge < -0.3 is 9.22 Å². The second-order valence-electron chi connectivity index (χ2n) is 9.86. The predicted octanol–water partition coefficient (Wildman–Crippen LogP) is 8.01. The molecule has 1 rings (SSSR count). The van der Waals surface area contributed by atoms with E-state index in [1.165, 1.54) is 63.4 Å². The zero-order valence-corrected chi connectivity index (χ0v) is 21.8. The van der Waals surface area contributed by atoms with Crippen molar-refractivity contribution in [3.63, 3.8) is 0 Å². The molecule has 1 aromatic carbocycles. The molecule has 0 heterocycles. The summed E-state index contributed by atoms with van der Waals surface area (Å²) in [5.41, 5.74) is 1.31. The highest BCUT2D eigenvalue weighted by Gasteiger charge is 2.16. The third kappa shape index (κ3) is 18.3. The van der Waals surface area contributed by atoms with Crippen molar-refractivity contribution in [1.29, 1.82) is 0 Å². The topological polar surface area (TPSA) is 26.3 Å². The van der Waals surface area contributed by atoms with Gasteiger partial charge in [-0.25, -0.2) is 0 Å². The molecule has 33 heavy (non-hydrogen) atoms. The summed E-state index contributed by atoms with van der Waals surface area (Å²) in [6.07, 6.45) is 24.4. The number of rotatable bonds is 20. The Labute approximate surface area is 204 Å². The molecular weight excluding hydrogens is 406 g/mol. The van der Waals surface area contributed by atoms with Gasteiger partial charge >= 0.3 is 5.97 Å². The van der Waals surface area contributed by atoms with Gasteiger partial charge in [0.25, 0.3) is 0 Å². The predicted molar refractivity (Wildman–Crippen MR) is 142 cm³/mol. The third-order valence-electron chi connectivity index (χ3n) is 5.99. The molecule has 0 bridgehead atoms. The first kappa shape index (κ1) is 29.2. The van der Waals surface area contributed by atoms with Gasteiger partial charge in [0.1, 0.15) is 19.7 Å². The van der Waals surface area contributed by atoms with Crippen molar-refractivity contribution in [2.45, 2.75) is 96.9 Å². The van der Waals surface area contributed by atoms with E-state index in [4.69, 9.17) is 4.74 Å². The monoisotopic (exact) mass is 456 g/mol. The van der Waals surface area contributed by atoms with Crippen LogP contribution in [0.4, 0.5) is 0 Å². The van der Waals surface area contributed by atoms with Crippen molar-refractivity contribution in [2.75, 3.05) is 27.2 Å². The van der Waals surface area contributed by atoms with Crippen LogP contribution in [-0.2, 0) is 16.1 Å². The maximum atomic E-state index is 12.0. The molecule has 186 valence electrons. The maximum absolute atomic E-state index is 12.0. The van der Waals surface area contributed by atoms with Crippen molar-refractivity contribution < 1.29 is 14.0 Å². The van der Waals surface area contributed by atoms with Gasteiger partial charge in [0, 0.05) is 12.0 Å². The zero-order chi connectivity index (χ0) is 24.0. The number of quaternary nitrogens is 1. The van der Waals surface area contributed by atoms with Crippen LogP contribution in [0.15, 0.2) is 54.6 Å². The molecule has 0 unspecified atom stereocenters. The maximum Gasteiger partial charge on any atom is 0.305 e. The second-order valence-corrected chi connectivity index (χ2v) is 9.86. The number of hydrogen-bond donors (Lipinski definition) is 0. The number of hydrogen-bond acceptors (Lipinski definition) is 2. The number of allylic oxidation sites excluding steroid dienone is 4. The number of benzene rings is 1. The lowest BCUT2D eigenvalue weighted by Gasteiger charge is -2.29. The van der Waals surface area contributed by atoms with Crippen LogP contribution in [-0.4, -0.2) is 37.7 Å². The number of carbonyl (C=O) groups is 1. The fraction of sp³-hybridized carbons (Fsp3) is 0.633. The quantitative estimate of drug-likeness (QED) is 0.0859. The van der Waals surface area contributed by atoms with Crippen molar-refractivity contribution in [1.82, 2.24) is 0 Å². The van der Waals surface area contributed by atoms with Gasteiger partial charge in [0.05, 0.1) is 14.1 Å². The van der Waals surface area contributed by atoms with Crippen LogP contribution < -0.4 is 0 Å². The smallest absolute Gasteiger partial charge is 0.305 e. The zero-order valence-electron chi connectivity index (χ0n) is 21.8. The van der Waals surface area contributed by atoms with E-state index in [0.717, 1.165) is 36.8 Å². The second kappa shape index (κ2) is 19.6. The Morgan fingerprint density at radius 3 is 2.09 bits per heavy atom. The van der Waals surface area contributed by atoms with Crippen LogP contribution in [0.1, 0.15) is 96.0 Å². The van der Waals surface area contributed by atoms with E-state index >= 15 is 0 Å². The van der Waals surface area contributed by atoms with Crippen molar-refractivity contribution in [3.05, 3.63) is 60.2 Å². The van der Waals surface area contributed by atoms with E-state index in [0.29, 0.717) is 13.0 Å². The van der Waals surface area contributed by atoms with Gasteiger partial charge in [-0.3, -0.25) is 4.79 Å². The Morgan fingerprint density at radius 2 is 1.42 bits per heavy atom. The molecule has 0 atom stereocenters.